The maximum Gasteiger partial charge on any atom is 0.254 e. The summed E-state index contributed by atoms with van der Waals surface area (Å²) in [5.74, 6) is -0.221. The van der Waals surface area contributed by atoms with Crippen molar-refractivity contribution in [2.45, 2.75) is 45.3 Å². The molecule has 7 nitrogen and oxygen atoms in total. The standard InChI is InChI=1S/C24H24FN5O2/c1-14-8-20(25)19(23(31)28-17-5-6-17)9-18(14)15-10-27-30(12-15)22-11-26-21-7-4-16(13-29(21)22)24(2,3)32/h4,7-13,17,32H,5-6H2,1-3H3,(H,28,31). The largest absolute Gasteiger partial charge is 0.386 e. The molecule has 0 spiro atoms. The minimum Gasteiger partial charge on any atom is -0.386 e. The third-order valence-electron chi connectivity index (χ3n) is 5.79. The fourth-order valence-corrected chi connectivity index (χ4v) is 3.73. The Morgan fingerprint density at radius 1 is 1.22 bits per heavy atom. The number of hydrogen-bond donors (Lipinski definition) is 2. The highest BCUT2D eigenvalue weighted by Crippen LogP contribution is 2.28. The Morgan fingerprint density at radius 2 is 2.00 bits per heavy atom. The van der Waals surface area contributed by atoms with Crippen LogP contribution in [0.25, 0.3) is 22.6 Å². The van der Waals surface area contributed by atoms with E-state index < -0.39 is 11.4 Å². The van der Waals surface area contributed by atoms with Crippen molar-refractivity contribution >= 4 is 11.6 Å². The molecule has 5 rings (SSSR count). The van der Waals surface area contributed by atoms with E-state index in [1.54, 1.807) is 37.0 Å². The number of amides is 1. The molecule has 4 aromatic rings. The van der Waals surface area contributed by atoms with E-state index in [9.17, 15) is 14.3 Å². The van der Waals surface area contributed by atoms with Gasteiger partial charge in [0.15, 0.2) is 5.82 Å². The predicted octanol–water partition coefficient (Wildman–Crippen LogP) is 3.75. The van der Waals surface area contributed by atoms with Gasteiger partial charge in [0, 0.05) is 24.0 Å². The average molecular weight is 433 g/mol. The van der Waals surface area contributed by atoms with Gasteiger partial charge in [-0.25, -0.2) is 14.1 Å². The molecule has 1 saturated carbocycles. The number of carbonyl (C=O) groups is 1. The number of nitrogens with zero attached hydrogens (tertiary/aromatic N) is 4. The first-order valence-corrected chi connectivity index (χ1v) is 10.6. The first kappa shape index (κ1) is 20.4. The molecule has 1 aliphatic carbocycles. The molecule has 8 heteroatoms. The number of rotatable bonds is 5. The second-order valence-corrected chi connectivity index (χ2v) is 8.89. The molecule has 1 amide bonds. The quantitative estimate of drug-likeness (QED) is 0.502. The van der Waals surface area contributed by atoms with Gasteiger partial charge in [0.05, 0.1) is 23.6 Å². The summed E-state index contributed by atoms with van der Waals surface area (Å²) in [5, 5.41) is 17.7. The first-order valence-electron chi connectivity index (χ1n) is 10.6. The van der Waals surface area contributed by atoms with Crippen molar-refractivity contribution in [1.29, 1.82) is 0 Å². The highest BCUT2D eigenvalue weighted by Gasteiger charge is 2.26. The zero-order valence-electron chi connectivity index (χ0n) is 18.1. The Labute approximate surface area is 184 Å². The van der Waals surface area contributed by atoms with Crippen LogP contribution in [0, 0.1) is 12.7 Å². The van der Waals surface area contributed by atoms with E-state index in [0.29, 0.717) is 11.4 Å². The van der Waals surface area contributed by atoms with Gasteiger partial charge in [-0.3, -0.25) is 9.20 Å². The topological polar surface area (TPSA) is 84.5 Å². The number of aryl methyl sites for hydroxylation is 1. The molecule has 0 atom stereocenters. The number of nitrogens with one attached hydrogen (secondary N) is 1. The number of fused-ring (bicyclic) bond motifs is 1. The molecule has 164 valence electrons. The third-order valence-corrected chi connectivity index (χ3v) is 5.79. The minimum absolute atomic E-state index is 0.0369. The summed E-state index contributed by atoms with van der Waals surface area (Å²) >= 11 is 0. The van der Waals surface area contributed by atoms with Gasteiger partial charge in [0.25, 0.3) is 5.91 Å². The van der Waals surface area contributed by atoms with Crippen molar-refractivity contribution in [1.82, 2.24) is 24.5 Å². The molecule has 0 saturated heterocycles. The fourth-order valence-electron chi connectivity index (χ4n) is 3.73. The molecular formula is C24H24FN5O2. The van der Waals surface area contributed by atoms with Crippen molar-refractivity contribution in [3.05, 3.63) is 71.6 Å². The maximum absolute atomic E-state index is 14.5. The first-order chi connectivity index (χ1) is 15.2. The van der Waals surface area contributed by atoms with Gasteiger partial charge >= 0.3 is 0 Å². The fraction of sp³-hybridized carbons (Fsp3) is 0.292. The Morgan fingerprint density at radius 3 is 2.72 bits per heavy atom. The van der Waals surface area contributed by atoms with Gasteiger partial charge in [0.2, 0.25) is 0 Å². The molecule has 2 N–H and O–H groups in total. The van der Waals surface area contributed by atoms with Crippen LogP contribution in [0.2, 0.25) is 0 Å². The third kappa shape index (κ3) is 3.67. The van der Waals surface area contributed by atoms with E-state index in [1.807, 2.05) is 35.9 Å². The van der Waals surface area contributed by atoms with Crippen molar-refractivity contribution < 1.29 is 14.3 Å². The molecule has 1 fully saturated rings. The highest BCUT2D eigenvalue weighted by molar-refractivity contribution is 5.96. The summed E-state index contributed by atoms with van der Waals surface area (Å²) in [4.78, 5) is 16.9. The zero-order valence-corrected chi connectivity index (χ0v) is 18.1. The Bertz CT molecular complexity index is 1340. The Kier molecular flexibility index (Phi) is 4.63. The summed E-state index contributed by atoms with van der Waals surface area (Å²) in [7, 11) is 0. The zero-order chi connectivity index (χ0) is 22.6. The summed E-state index contributed by atoms with van der Waals surface area (Å²) in [6, 6.07) is 6.81. The summed E-state index contributed by atoms with van der Waals surface area (Å²) in [6.07, 6.45) is 8.92. The molecule has 1 aliphatic rings. The van der Waals surface area contributed by atoms with Crippen LogP contribution < -0.4 is 5.32 Å². The smallest absolute Gasteiger partial charge is 0.254 e. The number of benzene rings is 1. The number of halogens is 1. The van der Waals surface area contributed by atoms with Crippen LogP contribution in [-0.4, -0.2) is 36.2 Å². The van der Waals surface area contributed by atoms with Crippen LogP contribution in [0.3, 0.4) is 0 Å². The van der Waals surface area contributed by atoms with Crippen molar-refractivity contribution in [3.8, 4) is 16.9 Å². The summed E-state index contributed by atoms with van der Waals surface area (Å²) < 4.78 is 18.0. The molecule has 1 aromatic carbocycles. The van der Waals surface area contributed by atoms with Crippen LogP contribution >= 0.6 is 0 Å². The molecule has 0 bridgehead atoms. The summed E-state index contributed by atoms with van der Waals surface area (Å²) in [5.41, 5.74) is 2.73. The van der Waals surface area contributed by atoms with Crippen LogP contribution in [-0.2, 0) is 5.60 Å². The van der Waals surface area contributed by atoms with Gasteiger partial charge in [-0.1, -0.05) is 6.07 Å². The van der Waals surface area contributed by atoms with Gasteiger partial charge < -0.3 is 10.4 Å². The number of hydrogen-bond acceptors (Lipinski definition) is 4. The SMILES string of the molecule is Cc1cc(F)c(C(=O)NC2CC2)cc1-c1cnn(-c2cnc3ccc(C(C)(C)O)cn23)c1. The number of aromatic nitrogens is 4. The number of carbonyl (C=O) groups excluding carboxylic acids is 1. The number of pyridine rings is 1. The van der Waals surface area contributed by atoms with Crippen molar-refractivity contribution in [2.24, 2.45) is 0 Å². The monoisotopic (exact) mass is 433 g/mol. The molecule has 0 unspecified atom stereocenters. The molecular weight excluding hydrogens is 409 g/mol. The number of aliphatic hydroxyl groups is 1. The van der Waals surface area contributed by atoms with Crippen LogP contribution in [0.4, 0.5) is 4.39 Å². The van der Waals surface area contributed by atoms with Crippen molar-refractivity contribution in [3.63, 3.8) is 0 Å². The lowest BCUT2D eigenvalue weighted by Crippen LogP contribution is -2.26. The molecule has 32 heavy (non-hydrogen) atoms. The van der Waals surface area contributed by atoms with Gasteiger partial charge in [-0.15, -0.1) is 0 Å². The average Bonchev–Trinajstić information content (AvgIpc) is 3.23. The second kappa shape index (κ2) is 7.27. The Hall–Kier alpha value is -3.52. The van der Waals surface area contributed by atoms with E-state index in [2.05, 4.69) is 15.4 Å². The van der Waals surface area contributed by atoms with Gasteiger partial charge in [-0.2, -0.15) is 5.10 Å². The predicted molar refractivity (Wildman–Crippen MR) is 118 cm³/mol. The van der Waals surface area contributed by atoms with E-state index in [-0.39, 0.29) is 17.5 Å². The van der Waals surface area contributed by atoms with E-state index in [0.717, 1.165) is 35.2 Å². The normalized spacial score (nSPS) is 14.2. The molecule has 3 aromatic heterocycles. The van der Waals surface area contributed by atoms with E-state index >= 15 is 0 Å². The molecule has 0 aliphatic heterocycles. The molecule has 3 heterocycles. The minimum atomic E-state index is -0.992. The van der Waals surface area contributed by atoms with E-state index in [4.69, 9.17) is 0 Å². The van der Waals surface area contributed by atoms with E-state index in [1.165, 1.54) is 6.07 Å². The van der Waals surface area contributed by atoms with Crippen LogP contribution in [0.15, 0.2) is 49.1 Å². The summed E-state index contributed by atoms with van der Waals surface area (Å²) in [6.45, 7) is 5.26. The van der Waals surface area contributed by atoms with Crippen LogP contribution in [0.5, 0.6) is 0 Å². The lowest BCUT2D eigenvalue weighted by molar-refractivity contribution is 0.0781. The highest BCUT2D eigenvalue weighted by atomic mass is 19.1. The van der Waals surface area contributed by atoms with Crippen LogP contribution in [0.1, 0.15) is 48.2 Å². The Balaban J connectivity index is 1.53. The van der Waals surface area contributed by atoms with Gasteiger partial charge in [0.1, 0.15) is 11.5 Å². The van der Waals surface area contributed by atoms with Gasteiger partial charge in [-0.05, 0) is 68.5 Å². The maximum atomic E-state index is 14.5. The molecule has 0 radical (unpaired) electrons. The van der Waals surface area contributed by atoms with Crippen molar-refractivity contribution in [2.75, 3.05) is 0 Å². The number of imidazole rings is 1. The lowest BCUT2D eigenvalue weighted by Gasteiger charge is -2.18. The second-order valence-electron chi connectivity index (χ2n) is 8.89. The lowest BCUT2D eigenvalue weighted by atomic mass is 9.99.